The van der Waals surface area contributed by atoms with Crippen LogP contribution >= 0.6 is 0 Å². The molecule has 1 unspecified atom stereocenters. The molecule has 0 fully saturated rings. The molecular weight excluding hydrogens is 210 g/mol. The minimum Gasteiger partial charge on any atom is -0.196 e. The number of benzene rings is 1. The van der Waals surface area contributed by atoms with Crippen molar-refractivity contribution in [2.75, 3.05) is 0 Å². The maximum absolute atomic E-state index is 9.16. The summed E-state index contributed by atoms with van der Waals surface area (Å²) in [4.78, 5) is 0. The number of unbranched alkanes of at least 4 members (excludes halogenated alkanes) is 2. The third-order valence-electron chi connectivity index (χ3n) is 2.65. The highest BCUT2D eigenvalue weighted by molar-refractivity contribution is 5.34. The van der Waals surface area contributed by atoms with Crippen LogP contribution < -0.4 is 0 Å². The van der Waals surface area contributed by atoms with Crippen LogP contribution in [0.1, 0.15) is 39.5 Å². The maximum Gasteiger partial charge on any atom is 0.165 e. The molecule has 0 bridgehead atoms. The summed E-state index contributed by atoms with van der Waals surface area (Å²) in [6.45, 7) is 3.99. The summed E-state index contributed by atoms with van der Waals surface area (Å²) < 4.78 is 0. The van der Waals surface area contributed by atoms with Crippen molar-refractivity contribution in [1.82, 2.24) is 0 Å². The van der Waals surface area contributed by atoms with Crippen LogP contribution in [0.2, 0.25) is 0 Å². The molecule has 1 aromatic carbocycles. The minimum atomic E-state index is -0.689. The van der Waals surface area contributed by atoms with Crippen molar-refractivity contribution in [3.63, 3.8) is 0 Å². The van der Waals surface area contributed by atoms with Gasteiger partial charge in [-0.2, -0.15) is 15.5 Å². The van der Waals surface area contributed by atoms with Crippen molar-refractivity contribution in [3.8, 4) is 6.07 Å². The van der Waals surface area contributed by atoms with Gasteiger partial charge in [0, 0.05) is 0 Å². The quantitative estimate of drug-likeness (QED) is 0.518. The number of rotatable bonds is 6. The molecule has 0 aliphatic carbocycles. The third kappa shape index (κ3) is 4.78. The molecule has 17 heavy (non-hydrogen) atoms. The largest absolute Gasteiger partial charge is 0.196 e. The van der Waals surface area contributed by atoms with Crippen molar-refractivity contribution in [1.29, 1.82) is 5.26 Å². The van der Waals surface area contributed by atoms with Gasteiger partial charge in [-0.3, -0.25) is 0 Å². The second-order valence-electron chi connectivity index (χ2n) is 4.38. The SMILES string of the molecule is CCCCCC(C)(C#N)N=Nc1ccccc1. The second-order valence-corrected chi connectivity index (χ2v) is 4.38. The Kier molecular flexibility index (Phi) is 5.35. The molecule has 0 heterocycles. The van der Waals surface area contributed by atoms with Crippen LogP contribution in [0, 0.1) is 11.3 Å². The zero-order chi connectivity index (χ0) is 12.6. The van der Waals surface area contributed by atoms with Gasteiger partial charge in [-0.1, -0.05) is 38.0 Å². The van der Waals surface area contributed by atoms with Crippen LogP contribution in [0.25, 0.3) is 0 Å². The first-order valence-corrected chi connectivity index (χ1v) is 6.09. The van der Waals surface area contributed by atoms with Crippen molar-refractivity contribution in [2.24, 2.45) is 10.2 Å². The van der Waals surface area contributed by atoms with E-state index in [1.165, 1.54) is 0 Å². The number of azo groups is 1. The first-order chi connectivity index (χ1) is 8.20. The molecule has 0 amide bonds. The normalized spacial score (nSPS) is 14.4. The Morgan fingerprint density at radius 1 is 1.24 bits per heavy atom. The topological polar surface area (TPSA) is 48.5 Å². The summed E-state index contributed by atoms with van der Waals surface area (Å²) in [6.07, 6.45) is 4.08. The van der Waals surface area contributed by atoms with E-state index in [2.05, 4.69) is 23.2 Å². The van der Waals surface area contributed by atoms with E-state index < -0.39 is 5.54 Å². The van der Waals surface area contributed by atoms with Crippen LogP contribution in [-0.2, 0) is 0 Å². The van der Waals surface area contributed by atoms with E-state index in [4.69, 9.17) is 5.26 Å². The fraction of sp³-hybridized carbons (Fsp3) is 0.500. The van der Waals surface area contributed by atoms with Gasteiger partial charge in [-0.15, -0.1) is 0 Å². The Balaban J connectivity index is 2.62. The van der Waals surface area contributed by atoms with Gasteiger partial charge in [-0.25, -0.2) is 0 Å². The monoisotopic (exact) mass is 229 g/mol. The molecule has 0 N–H and O–H groups in total. The van der Waals surface area contributed by atoms with Gasteiger partial charge >= 0.3 is 0 Å². The van der Waals surface area contributed by atoms with Gasteiger partial charge in [0.05, 0.1) is 11.8 Å². The zero-order valence-electron chi connectivity index (χ0n) is 10.6. The van der Waals surface area contributed by atoms with E-state index in [0.717, 1.165) is 31.4 Å². The lowest BCUT2D eigenvalue weighted by Crippen LogP contribution is -2.18. The Morgan fingerprint density at radius 3 is 2.53 bits per heavy atom. The molecule has 0 aromatic heterocycles. The van der Waals surface area contributed by atoms with Crippen molar-refractivity contribution >= 4 is 5.69 Å². The predicted octanol–water partition coefficient (Wildman–Crippen LogP) is 4.63. The Bertz CT molecular complexity index is 392. The van der Waals surface area contributed by atoms with E-state index in [1.807, 2.05) is 37.3 Å². The smallest absolute Gasteiger partial charge is 0.165 e. The van der Waals surface area contributed by atoms with E-state index >= 15 is 0 Å². The van der Waals surface area contributed by atoms with Crippen LogP contribution in [0.4, 0.5) is 5.69 Å². The van der Waals surface area contributed by atoms with E-state index in [0.29, 0.717) is 0 Å². The average Bonchev–Trinajstić information content (AvgIpc) is 2.38. The first-order valence-electron chi connectivity index (χ1n) is 6.09. The van der Waals surface area contributed by atoms with Gasteiger partial charge in [0.2, 0.25) is 0 Å². The molecular formula is C14H19N3. The summed E-state index contributed by atoms with van der Waals surface area (Å²) >= 11 is 0. The molecule has 1 atom stereocenters. The minimum absolute atomic E-state index is 0.689. The maximum atomic E-state index is 9.16. The number of hydrogen-bond donors (Lipinski definition) is 0. The summed E-state index contributed by atoms with van der Waals surface area (Å²) in [5.41, 5.74) is 0.106. The van der Waals surface area contributed by atoms with Crippen molar-refractivity contribution in [3.05, 3.63) is 30.3 Å². The van der Waals surface area contributed by atoms with Crippen LogP contribution in [0.15, 0.2) is 40.6 Å². The predicted molar refractivity (Wildman–Crippen MR) is 69.1 cm³/mol. The highest BCUT2D eigenvalue weighted by Gasteiger charge is 2.22. The lowest BCUT2D eigenvalue weighted by molar-refractivity contribution is 0.490. The number of nitrogens with zero attached hydrogens (tertiary/aromatic N) is 3. The number of hydrogen-bond acceptors (Lipinski definition) is 3. The Hall–Kier alpha value is -1.69. The summed E-state index contributed by atoms with van der Waals surface area (Å²) in [7, 11) is 0. The van der Waals surface area contributed by atoms with E-state index in [9.17, 15) is 0 Å². The van der Waals surface area contributed by atoms with E-state index in [-0.39, 0.29) is 0 Å². The molecule has 3 heteroatoms. The molecule has 0 spiro atoms. The second kappa shape index (κ2) is 6.80. The van der Waals surface area contributed by atoms with Gasteiger partial charge in [-0.05, 0) is 31.9 Å². The lowest BCUT2D eigenvalue weighted by atomic mass is 9.97. The molecule has 1 rings (SSSR count). The molecule has 3 nitrogen and oxygen atoms in total. The Labute approximate surface area is 103 Å². The lowest BCUT2D eigenvalue weighted by Gasteiger charge is -2.14. The van der Waals surface area contributed by atoms with Crippen LogP contribution in [0.5, 0.6) is 0 Å². The summed E-state index contributed by atoms with van der Waals surface area (Å²) in [5.74, 6) is 0. The fourth-order valence-corrected chi connectivity index (χ4v) is 1.51. The molecule has 0 saturated carbocycles. The van der Waals surface area contributed by atoms with Crippen LogP contribution in [-0.4, -0.2) is 5.54 Å². The molecule has 0 radical (unpaired) electrons. The van der Waals surface area contributed by atoms with Crippen LogP contribution in [0.3, 0.4) is 0 Å². The molecule has 1 aromatic rings. The summed E-state index contributed by atoms with van der Waals surface area (Å²) in [5, 5.41) is 17.5. The van der Waals surface area contributed by atoms with Gasteiger partial charge in [0.1, 0.15) is 0 Å². The summed E-state index contributed by atoms with van der Waals surface area (Å²) in [6, 6.07) is 11.8. The van der Waals surface area contributed by atoms with Gasteiger partial charge in [0.25, 0.3) is 0 Å². The molecule has 0 aliphatic heterocycles. The first kappa shape index (κ1) is 13.4. The Morgan fingerprint density at radius 2 is 1.94 bits per heavy atom. The van der Waals surface area contributed by atoms with E-state index in [1.54, 1.807) is 0 Å². The molecule has 0 saturated heterocycles. The van der Waals surface area contributed by atoms with Gasteiger partial charge in [0.15, 0.2) is 5.54 Å². The third-order valence-corrected chi connectivity index (χ3v) is 2.65. The fourth-order valence-electron chi connectivity index (χ4n) is 1.51. The van der Waals surface area contributed by atoms with Crippen molar-refractivity contribution < 1.29 is 0 Å². The van der Waals surface area contributed by atoms with Gasteiger partial charge < -0.3 is 0 Å². The number of nitriles is 1. The molecule has 90 valence electrons. The highest BCUT2D eigenvalue weighted by atomic mass is 15.1. The standard InChI is InChI=1S/C14H19N3/c1-3-4-8-11-14(2,12-15)17-16-13-9-6-5-7-10-13/h5-7,9-10H,3-4,8,11H2,1-2H3. The molecule has 0 aliphatic rings. The highest BCUT2D eigenvalue weighted by Crippen LogP contribution is 2.21. The zero-order valence-corrected chi connectivity index (χ0v) is 10.6. The average molecular weight is 229 g/mol. The van der Waals surface area contributed by atoms with Crippen molar-refractivity contribution in [2.45, 2.75) is 45.1 Å².